The molecule has 0 bridgehead atoms. The predicted octanol–water partition coefficient (Wildman–Crippen LogP) is 1.06. The molecule has 1 fully saturated rings. The summed E-state index contributed by atoms with van der Waals surface area (Å²) in [5.41, 5.74) is 0.595. The van der Waals surface area contributed by atoms with Crippen molar-refractivity contribution in [2.45, 2.75) is 12.1 Å². The molecule has 0 unspecified atom stereocenters. The van der Waals surface area contributed by atoms with Gasteiger partial charge < -0.3 is 5.11 Å². The molecular weight excluding hydrogens is 202 g/mol. The van der Waals surface area contributed by atoms with Crippen LogP contribution in [0.25, 0.3) is 0 Å². The topological polar surface area (TPSA) is 49.3 Å². The zero-order chi connectivity index (χ0) is 9.31. The van der Waals surface area contributed by atoms with E-state index in [2.05, 4.69) is 5.32 Å². The van der Waals surface area contributed by atoms with Gasteiger partial charge in [0.15, 0.2) is 0 Å². The summed E-state index contributed by atoms with van der Waals surface area (Å²) in [7, 11) is 0. The van der Waals surface area contributed by atoms with Crippen LogP contribution in [0.4, 0.5) is 0 Å². The van der Waals surface area contributed by atoms with Gasteiger partial charge in [0.1, 0.15) is 12.0 Å². The molecule has 3 nitrogen and oxygen atoms in total. The summed E-state index contributed by atoms with van der Waals surface area (Å²) >= 11 is 0. The van der Waals surface area contributed by atoms with Crippen LogP contribution < -0.4 is 5.32 Å². The fourth-order valence-electron chi connectivity index (χ4n) is 1.45. The lowest BCUT2D eigenvalue weighted by molar-refractivity contribution is -0.0607. The molecule has 0 amide bonds. The van der Waals surface area contributed by atoms with E-state index >= 15 is 0 Å². The van der Waals surface area contributed by atoms with Gasteiger partial charge in [0, 0.05) is 18.5 Å². The number of nitrogens with one attached hydrogen (secondary N) is 1. The van der Waals surface area contributed by atoms with E-state index in [4.69, 9.17) is 0 Å². The van der Waals surface area contributed by atoms with Gasteiger partial charge in [-0.15, -0.1) is 12.4 Å². The summed E-state index contributed by atoms with van der Waals surface area (Å²) in [6.07, 6.45) is 1.52. The van der Waals surface area contributed by atoms with Crippen LogP contribution in [0.3, 0.4) is 0 Å². The van der Waals surface area contributed by atoms with Crippen molar-refractivity contribution in [1.29, 1.82) is 0 Å². The minimum atomic E-state index is -0.860. The van der Waals surface area contributed by atoms with E-state index < -0.39 is 5.72 Å². The van der Waals surface area contributed by atoms with Crippen LogP contribution in [0.1, 0.15) is 22.3 Å². The van der Waals surface area contributed by atoms with Crippen LogP contribution in [0.5, 0.6) is 0 Å². The smallest absolute Gasteiger partial charge is 0.150 e. The predicted molar refractivity (Wildman–Crippen MR) is 55.6 cm³/mol. The van der Waals surface area contributed by atoms with E-state index in [9.17, 15) is 9.90 Å². The Hall–Kier alpha value is -0.900. The van der Waals surface area contributed by atoms with Crippen LogP contribution >= 0.6 is 12.4 Å². The fraction of sp³-hybridized carbons (Fsp3) is 0.300. The Morgan fingerprint density at radius 2 is 1.93 bits per heavy atom. The van der Waals surface area contributed by atoms with Gasteiger partial charge in [-0.2, -0.15) is 0 Å². The van der Waals surface area contributed by atoms with Crippen molar-refractivity contribution in [2.24, 2.45) is 0 Å². The summed E-state index contributed by atoms with van der Waals surface area (Å²) in [4.78, 5) is 10.4. The molecule has 1 aliphatic heterocycles. The Bertz CT molecular complexity index is 319. The highest BCUT2D eigenvalue weighted by molar-refractivity contribution is 5.85. The molecule has 1 atom stereocenters. The molecule has 0 saturated carbocycles. The van der Waals surface area contributed by atoms with Gasteiger partial charge in [-0.1, -0.05) is 24.3 Å². The normalized spacial score (nSPS) is 24.6. The molecule has 1 aliphatic rings. The number of rotatable bonds is 2. The first-order valence-corrected chi connectivity index (χ1v) is 4.28. The van der Waals surface area contributed by atoms with Gasteiger partial charge in [-0.25, -0.2) is 0 Å². The van der Waals surface area contributed by atoms with Gasteiger partial charge >= 0.3 is 0 Å². The zero-order valence-electron chi connectivity index (χ0n) is 7.56. The van der Waals surface area contributed by atoms with Gasteiger partial charge in [0.05, 0.1) is 0 Å². The average molecular weight is 214 g/mol. The molecule has 0 spiro atoms. The first kappa shape index (κ1) is 11.2. The standard InChI is InChI=1S/C10H11NO2.ClH/c12-7-8-1-3-9(4-2-8)10(13)5-6-11-10;/h1-4,7,11,13H,5-6H2;1H/t10-;/m0./s1. The molecule has 14 heavy (non-hydrogen) atoms. The Kier molecular flexibility index (Phi) is 3.26. The van der Waals surface area contributed by atoms with Crippen molar-refractivity contribution in [3.05, 3.63) is 35.4 Å². The number of benzene rings is 1. The third kappa shape index (κ3) is 1.80. The first-order chi connectivity index (χ1) is 6.24. The number of aliphatic hydroxyl groups is 1. The number of aldehydes is 1. The summed E-state index contributed by atoms with van der Waals surface area (Å²) in [5, 5.41) is 12.8. The number of carbonyl (C=O) groups is 1. The molecule has 76 valence electrons. The van der Waals surface area contributed by atoms with Crippen molar-refractivity contribution in [3.63, 3.8) is 0 Å². The Morgan fingerprint density at radius 3 is 2.29 bits per heavy atom. The van der Waals surface area contributed by atoms with Crippen molar-refractivity contribution >= 4 is 18.7 Å². The van der Waals surface area contributed by atoms with Crippen molar-refractivity contribution in [1.82, 2.24) is 5.32 Å². The summed E-state index contributed by atoms with van der Waals surface area (Å²) < 4.78 is 0. The van der Waals surface area contributed by atoms with E-state index in [1.807, 2.05) is 0 Å². The molecule has 1 aromatic carbocycles. The maximum atomic E-state index is 10.4. The van der Waals surface area contributed by atoms with E-state index in [-0.39, 0.29) is 12.4 Å². The van der Waals surface area contributed by atoms with Gasteiger partial charge in [0.2, 0.25) is 0 Å². The third-order valence-electron chi connectivity index (χ3n) is 2.43. The van der Waals surface area contributed by atoms with Crippen LogP contribution in [0.2, 0.25) is 0 Å². The summed E-state index contributed by atoms with van der Waals surface area (Å²) in [6, 6.07) is 6.96. The zero-order valence-corrected chi connectivity index (χ0v) is 8.38. The largest absolute Gasteiger partial charge is 0.372 e. The minimum absolute atomic E-state index is 0. The molecule has 4 heteroatoms. The Balaban J connectivity index is 0.000000980. The van der Waals surface area contributed by atoms with Gasteiger partial charge in [-0.05, 0) is 5.56 Å². The Morgan fingerprint density at radius 1 is 1.36 bits per heavy atom. The lowest BCUT2D eigenvalue weighted by atomic mass is 9.93. The van der Waals surface area contributed by atoms with Gasteiger partial charge in [-0.3, -0.25) is 10.1 Å². The van der Waals surface area contributed by atoms with Crippen molar-refractivity contribution in [2.75, 3.05) is 6.54 Å². The molecule has 1 heterocycles. The lowest BCUT2D eigenvalue weighted by Crippen LogP contribution is -2.53. The second-order valence-electron chi connectivity index (χ2n) is 3.28. The number of carbonyl (C=O) groups excluding carboxylic acids is 1. The number of hydrogen-bond acceptors (Lipinski definition) is 3. The molecule has 0 radical (unpaired) electrons. The molecule has 0 aromatic heterocycles. The first-order valence-electron chi connectivity index (χ1n) is 4.28. The highest BCUT2D eigenvalue weighted by atomic mass is 35.5. The highest BCUT2D eigenvalue weighted by Crippen LogP contribution is 2.27. The molecule has 1 saturated heterocycles. The van der Waals surface area contributed by atoms with Crippen LogP contribution in [-0.2, 0) is 5.72 Å². The fourth-order valence-corrected chi connectivity index (χ4v) is 1.45. The van der Waals surface area contributed by atoms with Crippen molar-refractivity contribution < 1.29 is 9.90 Å². The minimum Gasteiger partial charge on any atom is -0.372 e. The molecule has 0 aliphatic carbocycles. The third-order valence-corrected chi connectivity index (χ3v) is 2.43. The molecule has 2 rings (SSSR count). The van der Waals surface area contributed by atoms with E-state index in [1.54, 1.807) is 24.3 Å². The van der Waals surface area contributed by atoms with Crippen LogP contribution in [0.15, 0.2) is 24.3 Å². The monoisotopic (exact) mass is 213 g/mol. The maximum Gasteiger partial charge on any atom is 0.150 e. The maximum absolute atomic E-state index is 10.4. The van der Waals surface area contributed by atoms with Crippen LogP contribution in [-0.4, -0.2) is 17.9 Å². The Labute approximate surface area is 88.5 Å². The summed E-state index contributed by atoms with van der Waals surface area (Å²) in [6.45, 7) is 0.839. The summed E-state index contributed by atoms with van der Waals surface area (Å²) in [5.74, 6) is 0. The van der Waals surface area contributed by atoms with Crippen molar-refractivity contribution in [3.8, 4) is 0 Å². The lowest BCUT2D eigenvalue weighted by Gasteiger charge is -2.38. The number of halogens is 1. The average Bonchev–Trinajstić information content (AvgIpc) is 2.14. The van der Waals surface area contributed by atoms with E-state index in [1.165, 1.54) is 0 Å². The quantitative estimate of drug-likeness (QED) is 0.723. The second kappa shape index (κ2) is 4.09. The van der Waals surface area contributed by atoms with E-state index in [0.717, 1.165) is 24.8 Å². The molecule has 2 N–H and O–H groups in total. The highest BCUT2D eigenvalue weighted by Gasteiger charge is 2.35. The molecule has 1 aromatic rings. The SMILES string of the molecule is Cl.O=Cc1ccc([C@@]2(O)CCN2)cc1. The molecular formula is C10H12ClNO2. The van der Waals surface area contributed by atoms with Crippen LogP contribution in [0, 0.1) is 0 Å². The second-order valence-corrected chi connectivity index (χ2v) is 3.28. The van der Waals surface area contributed by atoms with Gasteiger partial charge in [0.25, 0.3) is 0 Å². The van der Waals surface area contributed by atoms with E-state index in [0.29, 0.717) is 5.56 Å². The number of hydrogen-bond donors (Lipinski definition) is 2.